The number of hydrogen-bond acceptors (Lipinski definition) is 4. The molecule has 112 valence electrons. The number of carbonyl (C=O) groups is 2. The van der Waals surface area contributed by atoms with Crippen LogP contribution in [0.25, 0.3) is 0 Å². The summed E-state index contributed by atoms with van der Waals surface area (Å²) < 4.78 is 1.81. The lowest BCUT2D eigenvalue weighted by Crippen LogP contribution is -2.46. The van der Waals surface area contributed by atoms with E-state index in [-0.39, 0.29) is 0 Å². The maximum absolute atomic E-state index is 12.0. The number of aliphatic carboxylic acids is 1. The number of aryl methyl sites for hydroxylation is 1. The van der Waals surface area contributed by atoms with Crippen LogP contribution in [0, 0.1) is 0 Å². The molecule has 0 saturated heterocycles. The third-order valence-electron chi connectivity index (χ3n) is 2.85. The van der Waals surface area contributed by atoms with Crippen molar-refractivity contribution in [3.8, 4) is 0 Å². The molecule has 0 aliphatic carbocycles. The van der Waals surface area contributed by atoms with Crippen LogP contribution in [0.5, 0.6) is 0 Å². The summed E-state index contributed by atoms with van der Waals surface area (Å²) in [5, 5.41) is 11.6. The molecular weight excluding hydrogens is 280 g/mol. The molecule has 0 aliphatic rings. The summed E-state index contributed by atoms with van der Waals surface area (Å²) in [6.07, 6.45) is 5.74. The predicted molar refractivity (Wildman–Crippen MR) is 77.6 cm³/mol. The van der Waals surface area contributed by atoms with E-state index in [9.17, 15) is 9.59 Å². The SMILES string of the molecule is CSCC[C@@H](NC(=O)N(C)Cc1nccn1C)C(=O)O. The second-order valence-electron chi connectivity index (χ2n) is 4.43. The van der Waals surface area contributed by atoms with Crippen molar-refractivity contribution in [2.24, 2.45) is 7.05 Å². The van der Waals surface area contributed by atoms with Gasteiger partial charge in [-0.2, -0.15) is 11.8 Å². The molecule has 0 aromatic carbocycles. The highest BCUT2D eigenvalue weighted by atomic mass is 32.2. The van der Waals surface area contributed by atoms with E-state index in [1.165, 1.54) is 4.90 Å². The van der Waals surface area contributed by atoms with Crippen molar-refractivity contribution in [3.05, 3.63) is 18.2 Å². The normalized spacial score (nSPS) is 11.9. The summed E-state index contributed by atoms with van der Waals surface area (Å²) in [4.78, 5) is 28.6. The van der Waals surface area contributed by atoms with Crippen LogP contribution in [-0.4, -0.2) is 56.7 Å². The zero-order chi connectivity index (χ0) is 15.1. The van der Waals surface area contributed by atoms with Crippen molar-refractivity contribution in [1.82, 2.24) is 19.8 Å². The summed E-state index contributed by atoms with van der Waals surface area (Å²) in [5.74, 6) is 0.400. The van der Waals surface area contributed by atoms with Gasteiger partial charge in [0.1, 0.15) is 11.9 Å². The molecule has 7 nitrogen and oxygen atoms in total. The summed E-state index contributed by atoms with van der Waals surface area (Å²) >= 11 is 1.55. The molecule has 1 atom stereocenters. The Labute approximate surface area is 122 Å². The van der Waals surface area contributed by atoms with Crippen molar-refractivity contribution >= 4 is 23.8 Å². The van der Waals surface area contributed by atoms with E-state index >= 15 is 0 Å². The largest absolute Gasteiger partial charge is 0.480 e. The van der Waals surface area contributed by atoms with Crippen LogP contribution in [-0.2, 0) is 18.4 Å². The molecule has 0 fully saturated rings. The Morgan fingerprint density at radius 2 is 2.30 bits per heavy atom. The van der Waals surface area contributed by atoms with Crippen LogP contribution < -0.4 is 5.32 Å². The molecule has 0 aliphatic heterocycles. The van der Waals surface area contributed by atoms with Crippen molar-refractivity contribution in [1.29, 1.82) is 0 Å². The molecule has 2 N–H and O–H groups in total. The molecule has 0 spiro atoms. The molecular formula is C12H20N4O3S. The number of thioether (sulfide) groups is 1. The minimum Gasteiger partial charge on any atom is -0.480 e. The van der Waals surface area contributed by atoms with Gasteiger partial charge in [0.2, 0.25) is 0 Å². The monoisotopic (exact) mass is 300 g/mol. The van der Waals surface area contributed by atoms with E-state index in [1.807, 2.05) is 17.9 Å². The third kappa shape index (κ3) is 4.76. The molecule has 1 rings (SSSR count). The molecule has 2 amide bonds. The van der Waals surface area contributed by atoms with E-state index in [4.69, 9.17) is 5.11 Å². The quantitative estimate of drug-likeness (QED) is 0.776. The number of hydrogen-bond donors (Lipinski definition) is 2. The van der Waals surface area contributed by atoms with Gasteiger partial charge in [0.15, 0.2) is 0 Å². The lowest BCUT2D eigenvalue weighted by atomic mass is 10.2. The molecule has 20 heavy (non-hydrogen) atoms. The fraction of sp³-hybridized carbons (Fsp3) is 0.583. The van der Waals surface area contributed by atoms with Crippen LogP contribution in [0.1, 0.15) is 12.2 Å². The number of aromatic nitrogens is 2. The number of rotatable bonds is 7. The number of nitrogens with zero attached hydrogens (tertiary/aromatic N) is 3. The standard InChI is InChI=1S/C12H20N4O3S/c1-15-6-5-13-10(15)8-16(2)12(19)14-9(11(17)18)4-7-20-3/h5-6,9H,4,7-8H2,1-3H3,(H,14,19)(H,17,18)/t9-/m1/s1. The minimum atomic E-state index is -1.02. The van der Waals surface area contributed by atoms with Gasteiger partial charge in [-0.3, -0.25) is 0 Å². The topological polar surface area (TPSA) is 87.5 Å². The highest BCUT2D eigenvalue weighted by Gasteiger charge is 2.21. The zero-order valence-electron chi connectivity index (χ0n) is 11.9. The first kappa shape index (κ1) is 16.4. The average Bonchev–Trinajstić information content (AvgIpc) is 2.79. The van der Waals surface area contributed by atoms with Gasteiger partial charge in [0, 0.05) is 26.5 Å². The minimum absolute atomic E-state index is 0.324. The molecule has 8 heteroatoms. The van der Waals surface area contributed by atoms with Crippen molar-refractivity contribution < 1.29 is 14.7 Å². The smallest absolute Gasteiger partial charge is 0.326 e. The predicted octanol–water partition coefficient (Wildman–Crippen LogP) is 0.768. The zero-order valence-corrected chi connectivity index (χ0v) is 12.7. The highest BCUT2D eigenvalue weighted by molar-refractivity contribution is 7.98. The number of carbonyl (C=O) groups excluding carboxylic acids is 1. The number of nitrogens with one attached hydrogen (secondary N) is 1. The molecule has 0 radical (unpaired) electrons. The Hall–Kier alpha value is -1.70. The van der Waals surface area contributed by atoms with Crippen molar-refractivity contribution in [2.75, 3.05) is 19.1 Å². The summed E-state index contributed by atoms with van der Waals surface area (Å²) in [7, 11) is 3.45. The fourth-order valence-corrected chi connectivity index (χ4v) is 2.06. The Morgan fingerprint density at radius 3 is 2.80 bits per heavy atom. The first-order valence-corrected chi connectivity index (χ1v) is 7.54. The van der Waals surface area contributed by atoms with E-state index in [0.29, 0.717) is 18.7 Å². The lowest BCUT2D eigenvalue weighted by Gasteiger charge is -2.21. The van der Waals surface area contributed by atoms with Crippen LogP contribution in [0.3, 0.4) is 0 Å². The maximum Gasteiger partial charge on any atom is 0.326 e. The summed E-state index contributed by atoms with van der Waals surface area (Å²) in [5.41, 5.74) is 0. The number of amides is 2. The van der Waals surface area contributed by atoms with Gasteiger partial charge < -0.3 is 19.9 Å². The van der Waals surface area contributed by atoms with Gasteiger partial charge in [0.05, 0.1) is 6.54 Å². The molecule has 1 aromatic rings. The Kier molecular flexibility index (Phi) is 6.37. The first-order valence-electron chi connectivity index (χ1n) is 6.15. The van der Waals surface area contributed by atoms with Crippen LogP contribution >= 0.6 is 11.8 Å². The van der Waals surface area contributed by atoms with E-state index in [2.05, 4.69) is 10.3 Å². The van der Waals surface area contributed by atoms with Gasteiger partial charge in [-0.15, -0.1) is 0 Å². The summed E-state index contributed by atoms with van der Waals surface area (Å²) in [6, 6.07) is -1.28. The first-order chi connectivity index (χ1) is 9.45. The van der Waals surface area contributed by atoms with Crippen LogP contribution in [0.2, 0.25) is 0 Å². The van der Waals surface area contributed by atoms with Gasteiger partial charge in [-0.25, -0.2) is 14.6 Å². The third-order valence-corrected chi connectivity index (χ3v) is 3.50. The Balaban J connectivity index is 2.55. The van der Waals surface area contributed by atoms with Gasteiger partial charge >= 0.3 is 12.0 Å². The van der Waals surface area contributed by atoms with Gasteiger partial charge in [0.25, 0.3) is 0 Å². The van der Waals surface area contributed by atoms with E-state index < -0.39 is 18.0 Å². The molecule has 1 aromatic heterocycles. The number of carboxylic acids is 1. The molecule has 0 saturated carbocycles. The summed E-state index contributed by atoms with van der Waals surface area (Å²) in [6.45, 7) is 0.324. The second-order valence-corrected chi connectivity index (χ2v) is 5.42. The fourth-order valence-electron chi connectivity index (χ4n) is 1.59. The molecule has 1 heterocycles. The Morgan fingerprint density at radius 1 is 1.60 bits per heavy atom. The van der Waals surface area contributed by atoms with Crippen molar-refractivity contribution in [2.45, 2.75) is 19.0 Å². The van der Waals surface area contributed by atoms with Crippen LogP contribution in [0.4, 0.5) is 4.79 Å². The highest BCUT2D eigenvalue weighted by Crippen LogP contribution is 2.04. The van der Waals surface area contributed by atoms with E-state index in [1.54, 1.807) is 31.2 Å². The van der Waals surface area contributed by atoms with Gasteiger partial charge in [-0.05, 0) is 18.4 Å². The average molecular weight is 300 g/mol. The maximum atomic E-state index is 12.0. The number of urea groups is 1. The van der Waals surface area contributed by atoms with Crippen molar-refractivity contribution in [3.63, 3.8) is 0 Å². The van der Waals surface area contributed by atoms with Gasteiger partial charge in [-0.1, -0.05) is 0 Å². The lowest BCUT2D eigenvalue weighted by molar-refractivity contribution is -0.139. The Bertz CT molecular complexity index is 463. The number of carboxylic acid groups (broad SMARTS) is 1. The molecule has 0 bridgehead atoms. The second kappa shape index (κ2) is 7.78. The molecule has 0 unspecified atom stereocenters. The van der Waals surface area contributed by atoms with Crippen LogP contribution in [0.15, 0.2) is 12.4 Å². The number of imidazole rings is 1. The van der Waals surface area contributed by atoms with E-state index in [0.717, 1.165) is 5.82 Å².